The number of hydrogen-bond acceptors (Lipinski definition) is 6. The number of esters is 1. The number of rotatable bonds is 4. The average molecular weight is 501 g/mol. The lowest BCUT2D eigenvalue weighted by Crippen LogP contribution is -2.70. The predicted octanol–water partition coefficient (Wildman–Crippen LogP) is 4.43. The Balaban J connectivity index is 1.87. The quantitative estimate of drug-likeness (QED) is 0.576. The first-order valence-corrected chi connectivity index (χ1v) is 12.7. The number of halogens is 3. The maximum absolute atomic E-state index is 17.2. The van der Waals surface area contributed by atoms with E-state index < -0.39 is 75.0 Å². The summed E-state index contributed by atoms with van der Waals surface area (Å²) in [5.74, 6) is -3.30. The topological polar surface area (TPSA) is 80.7 Å². The molecular weight excluding hydrogens is 469 g/mol. The molecule has 3 saturated carbocycles. The van der Waals surface area contributed by atoms with Gasteiger partial charge in [0, 0.05) is 29.1 Å². The molecule has 3 fully saturated rings. The van der Waals surface area contributed by atoms with E-state index in [4.69, 9.17) is 4.74 Å². The number of aliphatic hydroxyl groups excluding tert-OH is 1. The van der Waals surface area contributed by atoms with Crippen molar-refractivity contribution in [3.8, 4) is 0 Å². The number of carbonyl (C=O) groups is 3. The molecule has 3 unspecified atom stereocenters. The van der Waals surface area contributed by atoms with Gasteiger partial charge in [-0.25, -0.2) is 13.2 Å². The summed E-state index contributed by atoms with van der Waals surface area (Å²) in [6, 6.07) is -1.02. The van der Waals surface area contributed by atoms with Crippen LogP contribution in [0.4, 0.5) is 13.2 Å². The van der Waals surface area contributed by atoms with Crippen LogP contribution in [-0.4, -0.2) is 51.5 Å². The van der Waals surface area contributed by atoms with Crippen LogP contribution in [0.2, 0.25) is 0 Å². The number of thioether (sulfide) groups is 1. The average Bonchev–Trinajstić information content (AvgIpc) is 2.99. The number of alkyl halides is 3. The number of allylic oxidation sites excluding steroid dienone is 4. The lowest BCUT2D eigenvalue weighted by molar-refractivity contribution is -0.228. The molecule has 0 bridgehead atoms. The largest absolute Gasteiger partial charge is 0.449 e. The Hall–Kier alpha value is -1.61. The van der Waals surface area contributed by atoms with Crippen molar-refractivity contribution in [2.75, 3.05) is 6.01 Å². The molecule has 0 radical (unpaired) electrons. The minimum atomic E-state index is -2.30. The molecule has 9 heteroatoms. The van der Waals surface area contributed by atoms with Gasteiger partial charge in [0.15, 0.2) is 17.1 Å². The predicted molar refractivity (Wildman–Crippen MR) is 121 cm³/mol. The Morgan fingerprint density at radius 2 is 1.94 bits per heavy atom. The minimum Gasteiger partial charge on any atom is -0.449 e. The van der Waals surface area contributed by atoms with Crippen LogP contribution in [0.5, 0.6) is 0 Å². The first kappa shape index (κ1) is 25.5. The van der Waals surface area contributed by atoms with Crippen LogP contribution < -0.4 is 0 Å². The monoisotopic (exact) mass is 500 g/mol. The molecule has 0 aromatic rings. The van der Waals surface area contributed by atoms with Crippen molar-refractivity contribution in [2.24, 2.45) is 28.6 Å². The van der Waals surface area contributed by atoms with E-state index in [1.165, 1.54) is 19.1 Å². The Morgan fingerprint density at radius 3 is 2.56 bits per heavy atom. The van der Waals surface area contributed by atoms with Gasteiger partial charge in [-0.15, -0.1) is 0 Å². The van der Waals surface area contributed by atoms with E-state index in [0.717, 1.165) is 6.08 Å². The van der Waals surface area contributed by atoms with Crippen molar-refractivity contribution < 1.29 is 37.4 Å². The highest BCUT2D eigenvalue weighted by atomic mass is 32.2. The van der Waals surface area contributed by atoms with E-state index in [1.54, 1.807) is 20.8 Å². The third-order valence-electron chi connectivity index (χ3n) is 9.22. The van der Waals surface area contributed by atoms with Gasteiger partial charge in [-0.1, -0.05) is 26.8 Å². The van der Waals surface area contributed by atoms with Crippen molar-refractivity contribution >= 4 is 28.6 Å². The number of carbonyl (C=O) groups excluding carboxylic acids is 3. The molecule has 1 N–H and O–H groups in total. The van der Waals surface area contributed by atoms with Gasteiger partial charge in [-0.3, -0.25) is 14.4 Å². The van der Waals surface area contributed by atoms with Crippen LogP contribution in [0.25, 0.3) is 0 Å². The van der Waals surface area contributed by atoms with Gasteiger partial charge >= 0.3 is 5.97 Å². The van der Waals surface area contributed by atoms with E-state index in [1.807, 2.05) is 0 Å². The summed E-state index contributed by atoms with van der Waals surface area (Å²) >= 11 is 0.396. The number of ketones is 1. The van der Waals surface area contributed by atoms with Gasteiger partial charge in [0.25, 0.3) is 0 Å². The summed E-state index contributed by atoms with van der Waals surface area (Å²) in [6.45, 7) is 6.45. The SMILES string of the molecule is CCC(=O)O[C@@]1(C(=O)SCF)[C@H](C)CC2C3C[C@H](F)C4=CC(=O)C=C[C@]4(C)[C@@]3(F)C(O)C[C@@]21C. The Kier molecular flexibility index (Phi) is 6.16. The zero-order valence-electron chi connectivity index (χ0n) is 19.8. The summed E-state index contributed by atoms with van der Waals surface area (Å²) in [6.07, 6.45) is 0.160. The summed E-state index contributed by atoms with van der Waals surface area (Å²) in [5.41, 5.74) is -6.84. The molecule has 0 amide bonds. The highest BCUT2D eigenvalue weighted by Gasteiger charge is 2.78. The number of aliphatic hydroxyl groups is 1. The van der Waals surface area contributed by atoms with E-state index in [0.29, 0.717) is 11.8 Å². The van der Waals surface area contributed by atoms with Crippen LogP contribution >= 0.6 is 11.8 Å². The first-order valence-electron chi connectivity index (χ1n) is 11.7. The lowest BCUT2D eigenvalue weighted by atomic mass is 9.44. The maximum atomic E-state index is 17.2. The molecule has 9 atom stereocenters. The maximum Gasteiger partial charge on any atom is 0.306 e. The fourth-order valence-corrected chi connectivity index (χ4v) is 8.42. The van der Waals surface area contributed by atoms with E-state index in [9.17, 15) is 23.9 Å². The number of ether oxygens (including phenoxy) is 1. The number of hydrogen-bond donors (Lipinski definition) is 1. The third-order valence-corrected chi connectivity index (χ3v) is 9.90. The van der Waals surface area contributed by atoms with Crippen LogP contribution in [-0.2, 0) is 19.1 Å². The molecule has 0 aliphatic heterocycles. The van der Waals surface area contributed by atoms with E-state index in [-0.39, 0.29) is 31.3 Å². The van der Waals surface area contributed by atoms with Gasteiger partial charge in [0.2, 0.25) is 5.12 Å². The summed E-state index contributed by atoms with van der Waals surface area (Å²) < 4.78 is 51.8. The second-order valence-electron chi connectivity index (χ2n) is 10.6. The highest BCUT2D eigenvalue weighted by molar-refractivity contribution is 8.13. The van der Waals surface area contributed by atoms with Gasteiger partial charge in [-0.05, 0) is 61.6 Å². The molecule has 34 heavy (non-hydrogen) atoms. The molecule has 0 saturated heterocycles. The zero-order valence-corrected chi connectivity index (χ0v) is 20.6. The molecule has 4 aliphatic rings. The van der Waals surface area contributed by atoms with Crippen LogP contribution in [0.15, 0.2) is 23.8 Å². The Bertz CT molecular complexity index is 984. The van der Waals surface area contributed by atoms with E-state index in [2.05, 4.69) is 0 Å². The smallest absolute Gasteiger partial charge is 0.306 e. The Morgan fingerprint density at radius 1 is 1.26 bits per heavy atom. The molecule has 0 spiro atoms. The second kappa shape index (κ2) is 8.22. The summed E-state index contributed by atoms with van der Waals surface area (Å²) in [4.78, 5) is 37.8. The fraction of sp³-hybridized carbons (Fsp3) is 0.720. The summed E-state index contributed by atoms with van der Waals surface area (Å²) in [5, 5.41) is 10.7. The van der Waals surface area contributed by atoms with Crippen LogP contribution in [0.3, 0.4) is 0 Å². The van der Waals surface area contributed by atoms with Gasteiger partial charge in [0.05, 0.1) is 6.10 Å². The second-order valence-corrected chi connectivity index (χ2v) is 11.5. The normalized spacial score (nSPS) is 47.4. The van der Waals surface area contributed by atoms with Gasteiger partial charge < -0.3 is 9.84 Å². The van der Waals surface area contributed by atoms with Crippen molar-refractivity contribution in [3.05, 3.63) is 23.8 Å². The van der Waals surface area contributed by atoms with Crippen molar-refractivity contribution in [3.63, 3.8) is 0 Å². The molecular formula is C25H31F3O5S. The molecule has 0 aromatic heterocycles. The lowest BCUT2D eigenvalue weighted by Gasteiger charge is -2.63. The Labute approximate surface area is 201 Å². The first-order chi connectivity index (χ1) is 15.8. The zero-order chi connectivity index (χ0) is 25.3. The van der Waals surface area contributed by atoms with Crippen molar-refractivity contribution in [2.45, 2.75) is 76.9 Å². The fourth-order valence-electron chi connectivity index (χ4n) is 7.63. The molecule has 4 aliphatic carbocycles. The third kappa shape index (κ3) is 3.01. The van der Waals surface area contributed by atoms with Crippen LogP contribution in [0, 0.1) is 28.6 Å². The van der Waals surface area contributed by atoms with E-state index >= 15 is 8.78 Å². The van der Waals surface area contributed by atoms with Gasteiger partial charge in [0.1, 0.15) is 12.2 Å². The molecule has 4 rings (SSSR count). The molecule has 0 heterocycles. The molecule has 0 aromatic carbocycles. The molecule has 188 valence electrons. The minimum absolute atomic E-state index is 0.0141. The molecule has 5 nitrogen and oxygen atoms in total. The highest BCUT2D eigenvalue weighted by Crippen LogP contribution is 2.72. The number of fused-ring (bicyclic) bond motifs is 5. The van der Waals surface area contributed by atoms with Crippen molar-refractivity contribution in [1.82, 2.24) is 0 Å². The van der Waals surface area contributed by atoms with Crippen molar-refractivity contribution in [1.29, 1.82) is 0 Å². The summed E-state index contributed by atoms with van der Waals surface area (Å²) in [7, 11) is 0. The van der Waals surface area contributed by atoms with Gasteiger partial charge in [-0.2, -0.15) is 0 Å². The standard InChI is InChI=1S/C25H31F3O5S/c1-5-20(31)33-25(21(32)34-12-26)13(2)8-15-16-10-18(27)17-9-14(29)6-7-22(17,3)24(16,28)19(30)11-23(15,25)4/h6-7,9,13,15-16,18-19,30H,5,8,10-12H2,1-4H3/t13-,15?,16?,18+,19?,22+,23+,24+,25-/m1/s1. The van der Waals surface area contributed by atoms with Crippen LogP contribution in [0.1, 0.15) is 53.4 Å².